The Labute approximate surface area is 93.0 Å². The molecule has 2 aliphatic heterocycles. The van der Waals surface area contributed by atoms with Crippen LogP contribution in [0.1, 0.15) is 32.1 Å². The fraction of sp³-hybridized carbons (Fsp3) is 1.00. The Balaban J connectivity index is 1.67. The SMILES string of the molecule is NCCC1CCN(CC2CCCCO2)C1. The van der Waals surface area contributed by atoms with Crippen molar-refractivity contribution in [3.05, 3.63) is 0 Å². The second kappa shape index (κ2) is 5.83. The van der Waals surface area contributed by atoms with Gasteiger partial charge in [-0.3, -0.25) is 0 Å². The predicted molar refractivity (Wildman–Crippen MR) is 61.8 cm³/mol. The van der Waals surface area contributed by atoms with E-state index in [0.29, 0.717) is 6.10 Å². The first-order valence-corrected chi connectivity index (χ1v) is 6.42. The third kappa shape index (κ3) is 3.44. The molecular formula is C12H24N2O. The molecule has 0 aromatic rings. The highest BCUT2D eigenvalue weighted by atomic mass is 16.5. The first-order chi connectivity index (χ1) is 7.38. The molecular weight excluding hydrogens is 188 g/mol. The van der Waals surface area contributed by atoms with Gasteiger partial charge in [0.2, 0.25) is 0 Å². The summed E-state index contributed by atoms with van der Waals surface area (Å²) in [6.07, 6.45) is 6.91. The van der Waals surface area contributed by atoms with Gasteiger partial charge in [-0.05, 0) is 51.1 Å². The van der Waals surface area contributed by atoms with Crippen LogP contribution in [-0.4, -0.2) is 43.8 Å². The number of hydrogen-bond acceptors (Lipinski definition) is 3. The van der Waals surface area contributed by atoms with Crippen molar-refractivity contribution in [1.82, 2.24) is 4.90 Å². The van der Waals surface area contributed by atoms with E-state index in [4.69, 9.17) is 10.5 Å². The molecule has 15 heavy (non-hydrogen) atoms. The molecule has 2 unspecified atom stereocenters. The molecule has 2 aliphatic rings. The van der Waals surface area contributed by atoms with Gasteiger partial charge in [0.05, 0.1) is 6.10 Å². The van der Waals surface area contributed by atoms with E-state index in [2.05, 4.69) is 4.90 Å². The van der Waals surface area contributed by atoms with E-state index in [0.717, 1.165) is 25.6 Å². The van der Waals surface area contributed by atoms with Gasteiger partial charge in [0, 0.05) is 19.7 Å². The molecule has 0 amide bonds. The van der Waals surface area contributed by atoms with Gasteiger partial charge in [0.25, 0.3) is 0 Å². The third-order valence-electron chi connectivity index (χ3n) is 3.68. The molecule has 2 rings (SSSR count). The largest absolute Gasteiger partial charge is 0.377 e. The standard InChI is InChI=1S/C12H24N2O/c13-6-4-11-5-7-14(9-11)10-12-3-1-2-8-15-12/h11-12H,1-10,13H2. The van der Waals surface area contributed by atoms with Crippen molar-refractivity contribution in [2.24, 2.45) is 11.7 Å². The monoisotopic (exact) mass is 212 g/mol. The van der Waals surface area contributed by atoms with Gasteiger partial charge in [0.1, 0.15) is 0 Å². The summed E-state index contributed by atoms with van der Waals surface area (Å²) in [5.41, 5.74) is 5.59. The Bertz CT molecular complexity index is 180. The van der Waals surface area contributed by atoms with E-state index in [-0.39, 0.29) is 0 Å². The van der Waals surface area contributed by atoms with Crippen LogP contribution in [0, 0.1) is 5.92 Å². The van der Waals surface area contributed by atoms with Gasteiger partial charge in [-0.15, -0.1) is 0 Å². The maximum Gasteiger partial charge on any atom is 0.0702 e. The number of rotatable bonds is 4. The molecule has 2 saturated heterocycles. The summed E-state index contributed by atoms with van der Waals surface area (Å²) >= 11 is 0. The topological polar surface area (TPSA) is 38.5 Å². The lowest BCUT2D eigenvalue weighted by molar-refractivity contribution is -0.00239. The highest BCUT2D eigenvalue weighted by Crippen LogP contribution is 2.21. The maximum atomic E-state index is 5.77. The van der Waals surface area contributed by atoms with Gasteiger partial charge >= 0.3 is 0 Å². The molecule has 0 aromatic heterocycles. The van der Waals surface area contributed by atoms with Crippen LogP contribution in [0.2, 0.25) is 0 Å². The molecule has 0 saturated carbocycles. The van der Waals surface area contributed by atoms with E-state index in [9.17, 15) is 0 Å². The molecule has 0 radical (unpaired) electrons. The van der Waals surface area contributed by atoms with Crippen molar-refractivity contribution >= 4 is 0 Å². The van der Waals surface area contributed by atoms with Gasteiger partial charge in [-0.1, -0.05) is 0 Å². The zero-order chi connectivity index (χ0) is 10.5. The van der Waals surface area contributed by atoms with Crippen molar-refractivity contribution in [3.63, 3.8) is 0 Å². The van der Waals surface area contributed by atoms with Crippen molar-refractivity contribution < 1.29 is 4.74 Å². The predicted octanol–water partition coefficient (Wildman–Crippen LogP) is 1.23. The van der Waals surface area contributed by atoms with E-state index in [1.807, 2.05) is 0 Å². The molecule has 2 atom stereocenters. The van der Waals surface area contributed by atoms with E-state index in [1.54, 1.807) is 0 Å². The smallest absolute Gasteiger partial charge is 0.0702 e. The molecule has 2 N–H and O–H groups in total. The molecule has 3 heteroatoms. The Morgan fingerprint density at radius 2 is 2.20 bits per heavy atom. The van der Waals surface area contributed by atoms with Gasteiger partial charge in [-0.2, -0.15) is 0 Å². The van der Waals surface area contributed by atoms with Crippen LogP contribution in [0.3, 0.4) is 0 Å². The lowest BCUT2D eigenvalue weighted by Crippen LogP contribution is -2.34. The van der Waals surface area contributed by atoms with Gasteiger partial charge in [-0.25, -0.2) is 0 Å². The summed E-state index contributed by atoms with van der Waals surface area (Å²) in [6, 6.07) is 0. The van der Waals surface area contributed by atoms with Crippen molar-refractivity contribution in [1.29, 1.82) is 0 Å². The summed E-state index contributed by atoms with van der Waals surface area (Å²) in [5, 5.41) is 0. The van der Waals surface area contributed by atoms with Crippen LogP contribution in [-0.2, 0) is 4.74 Å². The molecule has 0 aromatic carbocycles. The molecule has 0 bridgehead atoms. The summed E-state index contributed by atoms with van der Waals surface area (Å²) in [4.78, 5) is 2.57. The maximum absolute atomic E-state index is 5.77. The van der Waals surface area contributed by atoms with Crippen LogP contribution in [0.4, 0.5) is 0 Å². The first kappa shape index (κ1) is 11.4. The van der Waals surface area contributed by atoms with Crippen LogP contribution in [0.25, 0.3) is 0 Å². The van der Waals surface area contributed by atoms with Crippen molar-refractivity contribution in [2.45, 2.75) is 38.2 Å². The number of nitrogens with zero attached hydrogens (tertiary/aromatic N) is 1. The Morgan fingerprint density at radius 1 is 1.27 bits per heavy atom. The van der Waals surface area contributed by atoms with Gasteiger partial charge in [0.15, 0.2) is 0 Å². The van der Waals surface area contributed by atoms with E-state index >= 15 is 0 Å². The molecule has 0 spiro atoms. The average Bonchev–Trinajstić information content (AvgIpc) is 2.68. The van der Waals surface area contributed by atoms with Crippen LogP contribution in [0.5, 0.6) is 0 Å². The molecule has 88 valence electrons. The van der Waals surface area contributed by atoms with Crippen LogP contribution < -0.4 is 5.73 Å². The Hall–Kier alpha value is -0.120. The highest BCUT2D eigenvalue weighted by molar-refractivity contribution is 4.78. The minimum Gasteiger partial charge on any atom is -0.377 e. The average molecular weight is 212 g/mol. The highest BCUT2D eigenvalue weighted by Gasteiger charge is 2.25. The summed E-state index contributed by atoms with van der Waals surface area (Å²) in [7, 11) is 0. The number of likely N-dealkylation sites (tertiary alicyclic amines) is 1. The molecule has 3 nitrogen and oxygen atoms in total. The second-order valence-electron chi connectivity index (χ2n) is 4.98. The Kier molecular flexibility index (Phi) is 4.42. The minimum absolute atomic E-state index is 0.510. The number of ether oxygens (including phenoxy) is 1. The van der Waals surface area contributed by atoms with Crippen LogP contribution in [0.15, 0.2) is 0 Å². The lowest BCUT2D eigenvalue weighted by atomic mass is 10.1. The fourth-order valence-corrected chi connectivity index (χ4v) is 2.79. The summed E-state index contributed by atoms with van der Waals surface area (Å²) in [5.74, 6) is 0.846. The van der Waals surface area contributed by atoms with E-state index < -0.39 is 0 Å². The van der Waals surface area contributed by atoms with Crippen molar-refractivity contribution in [3.8, 4) is 0 Å². The zero-order valence-corrected chi connectivity index (χ0v) is 9.66. The summed E-state index contributed by atoms with van der Waals surface area (Å²) in [6.45, 7) is 5.48. The minimum atomic E-state index is 0.510. The summed E-state index contributed by atoms with van der Waals surface area (Å²) < 4.78 is 5.77. The van der Waals surface area contributed by atoms with Crippen molar-refractivity contribution in [2.75, 3.05) is 32.8 Å². The zero-order valence-electron chi connectivity index (χ0n) is 9.66. The number of hydrogen-bond donors (Lipinski definition) is 1. The second-order valence-corrected chi connectivity index (χ2v) is 4.98. The van der Waals surface area contributed by atoms with Gasteiger partial charge < -0.3 is 15.4 Å². The molecule has 2 heterocycles. The fourth-order valence-electron chi connectivity index (χ4n) is 2.79. The quantitative estimate of drug-likeness (QED) is 0.761. The Morgan fingerprint density at radius 3 is 2.93 bits per heavy atom. The first-order valence-electron chi connectivity index (χ1n) is 6.42. The normalized spacial score (nSPS) is 33.4. The third-order valence-corrected chi connectivity index (χ3v) is 3.68. The van der Waals surface area contributed by atoms with E-state index in [1.165, 1.54) is 45.2 Å². The lowest BCUT2D eigenvalue weighted by Gasteiger charge is -2.27. The number of nitrogens with two attached hydrogens (primary N) is 1. The van der Waals surface area contributed by atoms with Crippen LogP contribution >= 0.6 is 0 Å². The molecule has 0 aliphatic carbocycles. The molecule has 2 fully saturated rings.